The van der Waals surface area contributed by atoms with Crippen LogP contribution in [0.25, 0.3) is 5.70 Å². The van der Waals surface area contributed by atoms with Gasteiger partial charge >= 0.3 is 6.18 Å². The third kappa shape index (κ3) is 7.21. The van der Waals surface area contributed by atoms with E-state index >= 15 is 8.78 Å². The van der Waals surface area contributed by atoms with E-state index < -0.39 is 82.0 Å². The number of amidine groups is 1. The maximum absolute atomic E-state index is 16.1. The second-order valence-corrected chi connectivity index (χ2v) is 12.2. The number of nitrogens with two attached hydrogens (primary N) is 2. The normalized spacial score (nSPS) is 28.3. The molecular formula is C30H38F7N6O2U-. The molecule has 46 heavy (non-hydrogen) atoms. The third-order valence-corrected chi connectivity index (χ3v) is 9.18. The van der Waals surface area contributed by atoms with Gasteiger partial charge in [-0.05, 0) is 44.1 Å². The van der Waals surface area contributed by atoms with Crippen LogP contribution in [0, 0.1) is 55.8 Å². The predicted molar refractivity (Wildman–Crippen MR) is 155 cm³/mol. The van der Waals surface area contributed by atoms with Gasteiger partial charge in [-0.15, -0.1) is 6.42 Å². The molecule has 0 radical (unpaired) electrons. The van der Waals surface area contributed by atoms with Crippen LogP contribution in [0.5, 0.6) is 0 Å². The molecule has 1 aliphatic carbocycles. The Hall–Kier alpha value is -1.99. The first-order valence-corrected chi connectivity index (χ1v) is 14.9. The zero-order valence-corrected chi connectivity index (χ0v) is 29.9. The fourth-order valence-electron chi connectivity index (χ4n) is 7.03. The molecule has 0 bridgehead atoms. The van der Waals surface area contributed by atoms with Crippen LogP contribution < -0.4 is 11.5 Å². The number of rotatable bonds is 4. The summed E-state index contributed by atoms with van der Waals surface area (Å²) in [6.07, 6.45) is -3.59. The summed E-state index contributed by atoms with van der Waals surface area (Å²) in [5.41, 5.74) is 6.44. The number of fused-ring (bicyclic) bond motifs is 2. The Balaban J connectivity index is 0.000000409. The SMILES string of the molecule is Cc1cc(N)c(F)c(C2=C(F)C(N=C(N)O)=C(C(C)N3CCOC[C@H]4[C@H](F)[C@H]43)CN2C)c1C(F)(F)F.F[C@@H]1C[C-]2CCCN2C1.[U]. The van der Waals surface area contributed by atoms with Gasteiger partial charge in [0, 0.05) is 69.3 Å². The molecule has 16 heteroatoms. The molecule has 4 heterocycles. The fraction of sp³-hybridized carbons (Fsp3) is 0.600. The first-order valence-electron chi connectivity index (χ1n) is 14.9. The minimum Gasteiger partial charge on any atom is -0.481 e. The van der Waals surface area contributed by atoms with Crippen LogP contribution in [0.4, 0.5) is 36.4 Å². The summed E-state index contributed by atoms with van der Waals surface area (Å²) >= 11 is 0. The fourth-order valence-corrected chi connectivity index (χ4v) is 7.03. The smallest absolute Gasteiger partial charge is 0.417 e. The number of likely N-dealkylation sites (N-methyl/N-ethyl adjacent to an activating group) is 1. The van der Waals surface area contributed by atoms with Crippen LogP contribution in [0.2, 0.25) is 0 Å². The second-order valence-electron chi connectivity index (χ2n) is 12.2. The van der Waals surface area contributed by atoms with Gasteiger partial charge in [0.1, 0.15) is 11.9 Å². The monoisotopic (exact) mass is 885 g/mol. The van der Waals surface area contributed by atoms with Gasteiger partial charge in [-0.3, -0.25) is 4.90 Å². The van der Waals surface area contributed by atoms with Crippen molar-refractivity contribution in [1.82, 2.24) is 14.7 Å². The Kier molecular flexibility index (Phi) is 11.4. The molecule has 5 atom stereocenters. The Morgan fingerprint density at radius 2 is 1.91 bits per heavy atom. The molecule has 0 spiro atoms. The maximum Gasteiger partial charge on any atom is 0.417 e. The van der Waals surface area contributed by atoms with Crippen molar-refractivity contribution >= 4 is 17.4 Å². The van der Waals surface area contributed by atoms with Crippen molar-refractivity contribution in [2.45, 2.75) is 63.7 Å². The van der Waals surface area contributed by atoms with Gasteiger partial charge in [0.05, 0.1) is 41.9 Å². The summed E-state index contributed by atoms with van der Waals surface area (Å²) in [5, 5.41) is 9.65. The van der Waals surface area contributed by atoms with E-state index in [2.05, 4.69) is 9.89 Å². The quantitative estimate of drug-likeness (QED) is 0.131. The van der Waals surface area contributed by atoms with Crippen molar-refractivity contribution in [3.63, 3.8) is 0 Å². The molecule has 1 aromatic carbocycles. The van der Waals surface area contributed by atoms with Gasteiger partial charge in [0.15, 0.2) is 11.6 Å². The summed E-state index contributed by atoms with van der Waals surface area (Å²) < 4.78 is 106. The minimum absolute atomic E-state index is 0. The topological polar surface area (TPSA) is 104 Å². The van der Waals surface area contributed by atoms with E-state index in [9.17, 15) is 27.1 Å². The molecule has 1 unspecified atom stereocenters. The molecular weight excluding hydrogens is 847 g/mol. The first-order chi connectivity index (χ1) is 21.1. The second kappa shape index (κ2) is 14.2. The van der Waals surface area contributed by atoms with Crippen LogP contribution in [0.1, 0.15) is 42.9 Å². The Morgan fingerprint density at radius 3 is 2.54 bits per heavy atom. The van der Waals surface area contributed by atoms with Crippen LogP contribution in [0.3, 0.4) is 0 Å². The number of aliphatic hydroxyl groups is 1. The Bertz CT molecular complexity index is 1390. The number of anilines is 1. The van der Waals surface area contributed by atoms with Gasteiger partial charge in [-0.25, -0.2) is 23.6 Å². The number of benzene rings is 1. The van der Waals surface area contributed by atoms with Crippen molar-refractivity contribution in [3.05, 3.63) is 51.7 Å². The zero-order valence-electron chi connectivity index (χ0n) is 25.8. The first kappa shape index (κ1) is 36.8. The van der Waals surface area contributed by atoms with E-state index in [-0.39, 0.29) is 55.8 Å². The van der Waals surface area contributed by atoms with E-state index in [1.807, 2.05) is 0 Å². The Labute approximate surface area is 287 Å². The standard InChI is InChI=1S/C23H27F6N5O2.C7H11FN.U/c1-9-6-13(30)17(25)14(15(9)23(27,28)29)21-18(26)19(32-22(31)35)11(7-33(21)3)10(2)34-4-5-36-8-12-16(24)20(12)34;8-6-4-7-2-1-3-9(7)5-6;/h6,10,12,16,20H,4-5,7-8,30H2,1-3H3,(H3,31,32,35);6H,1-5H2;/q;-1;/t10?,12-,16-,20-;6-;/m01./s1. The number of allylic oxidation sites excluding steroid dienone is 1. The van der Waals surface area contributed by atoms with Crippen molar-refractivity contribution < 1.29 is 71.7 Å². The minimum atomic E-state index is -5.03. The molecule has 1 saturated carbocycles. The van der Waals surface area contributed by atoms with Crippen LogP contribution in [-0.4, -0.2) is 96.7 Å². The third-order valence-electron chi connectivity index (χ3n) is 9.18. The largest absolute Gasteiger partial charge is 0.481 e. The van der Waals surface area contributed by atoms with Gasteiger partial charge in [-0.2, -0.15) is 24.6 Å². The van der Waals surface area contributed by atoms with E-state index in [0.29, 0.717) is 19.7 Å². The van der Waals surface area contributed by atoms with E-state index in [0.717, 1.165) is 37.3 Å². The summed E-state index contributed by atoms with van der Waals surface area (Å²) in [4.78, 5) is 8.75. The number of nitrogens with zero attached hydrogens (tertiary/aromatic N) is 4. The molecule has 254 valence electrons. The summed E-state index contributed by atoms with van der Waals surface area (Å²) in [7, 11) is 1.30. The van der Waals surface area contributed by atoms with Gasteiger partial charge in [0.25, 0.3) is 6.02 Å². The van der Waals surface area contributed by atoms with Crippen molar-refractivity contribution in [2.75, 3.05) is 52.2 Å². The number of halogens is 7. The van der Waals surface area contributed by atoms with E-state index in [4.69, 9.17) is 16.2 Å². The molecule has 4 aliphatic heterocycles. The summed E-state index contributed by atoms with van der Waals surface area (Å²) in [6.45, 7) is 5.22. The van der Waals surface area contributed by atoms with Crippen LogP contribution in [-0.2, 0) is 10.9 Å². The van der Waals surface area contributed by atoms with Gasteiger partial charge in [-0.1, -0.05) is 6.42 Å². The van der Waals surface area contributed by atoms with E-state index in [1.54, 1.807) is 11.8 Å². The average Bonchev–Trinajstić information content (AvgIpc) is 3.24. The van der Waals surface area contributed by atoms with Gasteiger partial charge < -0.3 is 31.1 Å². The number of hydrogen-bond acceptors (Lipinski definition) is 6. The molecule has 0 aromatic heterocycles. The van der Waals surface area contributed by atoms with Crippen LogP contribution in [0.15, 0.2) is 28.2 Å². The van der Waals surface area contributed by atoms with Crippen LogP contribution >= 0.6 is 0 Å². The van der Waals surface area contributed by atoms with E-state index in [1.165, 1.54) is 19.5 Å². The molecule has 3 saturated heterocycles. The molecule has 0 amide bonds. The number of aliphatic imine (C=N–C) groups is 1. The van der Waals surface area contributed by atoms with Crippen molar-refractivity contribution in [2.24, 2.45) is 16.6 Å². The molecule has 4 fully saturated rings. The number of nitrogen functional groups attached to an aromatic ring is 1. The maximum atomic E-state index is 16.1. The molecule has 8 nitrogen and oxygen atoms in total. The number of hydrogen-bond donors (Lipinski definition) is 3. The molecule has 1 aromatic rings. The average molecular weight is 886 g/mol. The number of aliphatic hydroxyl groups excluding tert-OH is 1. The van der Waals surface area contributed by atoms with Crippen molar-refractivity contribution in [3.8, 4) is 0 Å². The number of aryl methyl sites for hydroxylation is 1. The summed E-state index contributed by atoms with van der Waals surface area (Å²) in [6, 6.07) is 0.0276. The zero-order chi connectivity index (χ0) is 33.0. The molecule has 5 N–H and O–H groups in total. The molecule has 5 aliphatic rings. The summed E-state index contributed by atoms with van der Waals surface area (Å²) in [5.74, 6) is -3.11. The van der Waals surface area contributed by atoms with Crippen molar-refractivity contribution in [1.29, 1.82) is 0 Å². The van der Waals surface area contributed by atoms with Gasteiger partial charge in [0.2, 0.25) is 0 Å². The number of ether oxygens (including phenoxy) is 1. The predicted octanol–water partition coefficient (Wildman–Crippen LogP) is 4.86. The Morgan fingerprint density at radius 1 is 1.22 bits per heavy atom. The molecule has 6 rings (SSSR count). The number of alkyl halides is 5.